The fourth-order valence-corrected chi connectivity index (χ4v) is 3.13. The van der Waals surface area contributed by atoms with E-state index < -0.39 is 5.97 Å². The van der Waals surface area contributed by atoms with Crippen molar-refractivity contribution in [2.24, 2.45) is 0 Å². The number of pyridine rings is 1. The number of fused-ring (bicyclic) bond motifs is 4. The molecule has 0 atom stereocenters. The maximum Gasteiger partial charge on any atom is 0.308 e. The molecule has 0 radical (unpaired) electrons. The van der Waals surface area contributed by atoms with Crippen LogP contribution < -0.4 is 4.74 Å². The van der Waals surface area contributed by atoms with Crippen LogP contribution in [0.1, 0.15) is 18.6 Å². The van der Waals surface area contributed by atoms with E-state index in [-0.39, 0.29) is 5.91 Å². The number of rotatable bonds is 1. The Morgan fingerprint density at radius 2 is 1.62 bits per heavy atom. The number of hydrogen-bond donors (Lipinski definition) is 0. The average Bonchev–Trinajstić information content (AvgIpc) is 2.89. The lowest BCUT2D eigenvalue weighted by atomic mass is 10.1. The average molecular weight is 318 g/mol. The van der Waals surface area contributed by atoms with Crippen LogP contribution in [0.15, 0.2) is 48.5 Å². The fraction of sp³-hybridized carbons (Fsp3) is 0.105. The van der Waals surface area contributed by atoms with Gasteiger partial charge >= 0.3 is 5.97 Å². The summed E-state index contributed by atoms with van der Waals surface area (Å²) in [6.45, 7) is 2.83. The predicted molar refractivity (Wildman–Crippen MR) is 92.4 cm³/mol. The van der Waals surface area contributed by atoms with Gasteiger partial charge in [0.05, 0.1) is 11.0 Å². The van der Waals surface area contributed by atoms with E-state index in [1.807, 2.05) is 48.5 Å². The Hall–Kier alpha value is -3.21. The summed E-state index contributed by atoms with van der Waals surface area (Å²) in [5.74, 6) is -0.228. The molecule has 0 saturated heterocycles. The molecule has 5 heteroatoms. The monoisotopic (exact) mass is 318 g/mol. The summed E-state index contributed by atoms with van der Waals surface area (Å²) in [5.41, 5.74) is 2.64. The Labute approximate surface area is 137 Å². The smallest absolute Gasteiger partial charge is 0.308 e. The van der Waals surface area contributed by atoms with Crippen LogP contribution >= 0.6 is 0 Å². The van der Waals surface area contributed by atoms with Crippen LogP contribution in [-0.4, -0.2) is 21.4 Å². The molecule has 2 aromatic heterocycles. The molecular weight excluding hydrogens is 304 g/mol. The molecule has 0 unspecified atom stereocenters. The lowest BCUT2D eigenvalue weighted by Crippen LogP contribution is -2.09. The first kappa shape index (κ1) is 14.4. The number of carbonyl (C=O) groups is 2. The van der Waals surface area contributed by atoms with E-state index in [1.165, 1.54) is 13.8 Å². The highest BCUT2D eigenvalue weighted by atomic mass is 16.5. The highest BCUT2D eigenvalue weighted by Crippen LogP contribution is 2.38. The Balaban J connectivity index is 2.32. The zero-order chi connectivity index (χ0) is 16.8. The molecular formula is C19H14N2O3. The third-order valence-corrected chi connectivity index (χ3v) is 4.00. The second-order valence-electron chi connectivity index (χ2n) is 5.62. The van der Waals surface area contributed by atoms with Crippen molar-refractivity contribution in [2.75, 3.05) is 0 Å². The number of benzene rings is 2. The van der Waals surface area contributed by atoms with Gasteiger partial charge in [-0.1, -0.05) is 30.3 Å². The van der Waals surface area contributed by atoms with E-state index >= 15 is 0 Å². The number of carbonyl (C=O) groups excluding carboxylic acids is 2. The first-order chi connectivity index (χ1) is 11.6. The molecule has 0 amide bonds. The van der Waals surface area contributed by atoms with Crippen LogP contribution in [0.25, 0.3) is 32.8 Å². The molecule has 0 aliphatic carbocycles. The Kier molecular flexibility index (Phi) is 3.09. The number of esters is 1. The van der Waals surface area contributed by atoms with Gasteiger partial charge < -0.3 is 4.74 Å². The van der Waals surface area contributed by atoms with Gasteiger partial charge in [-0.15, -0.1) is 0 Å². The molecule has 0 spiro atoms. The van der Waals surface area contributed by atoms with Crippen molar-refractivity contribution in [3.8, 4) is 5.75 Å². The summed E-state index contributed by atoms with van der Waals surface area (Å²) in [5, 5.41) is 1.55. The van der Waals surface area contributed by atoms with Gasteiger partial charge in [0.25, 0.3) is 0 Å². The minimum atomic E-state index is -0.437. The maximum atomic E-state index is 12.3. The van der Waals surface area contributed by atoms with Crippen molar-refractivity contribution in [3.63, 3.8) is 0 Å². The highest BCUT2D eigenvalue weighted by molar-refractivity contribution is 6.17. The fourth-order valence-electron chi connectivity index (χ4n) is 3.13. The summed E-state index contributed by atoms with van der Waals surface area (Å²) >= 11 is 0. The van der Waals surface area contributed by atoms with Crippen LogP contribution in [0.5, 0.6) is 5.75 Å². The first-order valence-electron chi connectivity index (χ1n) is 7.59. The predicted octanol–water partition coefficient (Wildman–Crippen LogP) is 3.93. The van der Waals surface area contributed by atoms with Crippen LogP contribution in [0.3, 0.4) is 0 Å². The summed E-state index contributed by atoms with van der Waals surface area (Å²) in [6.07, 6.45) is 0. The topological polar surface area (TPSA) is 61.2 Å². The third-order valence-electron chi connectivity index (χ3n) is 4.00. The Morgan fingerprint density at radius 3 is 2.33 bits per heavy atom. The van der Waals surface area contributed by atoms with Gasteiger partial charge in [-0.25, -0.2) is 4.98 Å². The van der Waals surface area contributed by atoms with Crippen molar-refractivity contribution in [2.45, 2.75) is 13.8 Å². The molecule has 0 bridgehead atoms. The van der Waals surface area contributed by atoms with E-state index in [4.69, 9.17) is 9.72 Å². The second kappa shape index (κ2) is 5.16. The molecule has 5 nitrogen and oxygen atoms in total. The second-order valence-corrected chi connectivity index (χ2v) is 5.62. The number of hydrogen-bond acceptors (Lipinski definition) is 4. The third kappa shape index (κ3) is 1.98. The van der Waals surface area contributed by atoms with E-state index in [2.05, 4.69) is 0 Å². The van der Waals surface area contributed by atoms with Gasteiger partial charge in [-0.3, -0.25) is 14.2 Å². The van der Waals surface area contributed by atoms with Gasteiger partial charge in [0, 0.05) is 24.6 Å². The normalized spacial score (nSPS) is 11.2. The van der Waals surface area contributed by atoms with Gasteiger partial charge in [0.15, 0.2) is 5.75 Å². The van der Waals surface area contributed by atoms with E-state index in [9.17, 15) is 9.59 Å². The summed E-state index contributed by atoms with van der Waals surface area (Å²) < 4.78 is 7.07. The molecule has 118 valence electrons. The number of para-hydroxylation sites is 2. The standard InChI is InChI=1S/C19H14N2O3/c1-11(22)21-16-10-6-4-8-14(16)17-18(21)19(24-12(2)23)13-7-3-5-9-15(13)20-17/h3-10H,1-2H3. The van der Waals surface area contributed by atoms with Gasteiger partial charge in [0.1, 0.15) is 11.0 Å². The van der Waals surface area contributed by atoms with Gasteiger partial charge in [-0.2, -0.15) is 0 Å². The Morgan fingerprint density at radius 1 is 0.958 bits per heavy atom. The summed E-state index contributed by atoms with van der Waals surface area (Å²) in [6, 6.07) is 15.0. The molecule has 0 aliphatic rings. The molecule has 4 aromatic rings. The highest BCUT2D eigenvalue weighted by Gasteiger charge is 2.21. The van der Waals surface area contributed by atoms with Crippen LogP contribution in [0.2, 0.25) is 0 Å². The van der Waals surface area contributed by atoms with Crippen molar-refractivity contribution < 1.29 is 14.3 Å². The number of ether oxygens (including phenoxy) is 1. The zero-order valence-electron chi connectivity index (χ0n) is 13.2. The van der Waals surface area contributed by atoms with E-state index in [1.54, 1.807) is 4.57 Å². The molecule has 2 heterocycles. The number of nitrogens with zero attached hydrogens (tertiary/aromatic N) is 2. The van der Waals surface area contributed by atoms with Crippen molar-refractivity contribution in [1.29, 1.82) is 0 Å². The zero-order valence-corrected chi connectivity index (χ0v) is 13.2. The minimum Gasteiger partial charge on any atom is -0.424 e. The lowest BCUT2D eigenvalue weighted by Gasteiger charge is -2.10. The summed E-state index contributed by atoms with van der Waals surface area (Å²) in [7, 11) is 0. The molecule has 24 heavy (non-hydrogen) atoms. The van der Waals surface area contributed by atoms with Gasteiger partial charge in [0.2, 0.25) is 5.91 Å². The van der Waals surface area contributed by atoms with Gasteiger partial charge in [-0.05, 0) is 18.2 Å². The molecule has 2 aromatic carbocycles. The van der Waals surface area contributed by atoms with Crippen molar-refractivity contribution in [3.05, 3.63) is 48.5 Å². The largest absolute Gasteiger partial charge is 0.424 e. The molecule has 0 N–H and O–H groups in total. The summed E-state index contributed by atoms with van der Waals surface area (Å²) in [4.78, 5) is 28.7. The van der Waals surface area contributed by atoms with Crippen LogP contribution in [0.4, 0.5) is 0 Å². The van der Waals surface area contributed by atoms with E-state index in [0.717, 1.165) is 10.9 Å². The molecule has 0 aliphatic heterocycles. The minimum absolute atomic E-state index is 0.160. The van der Waals surface area contributed by atoms with Crippen molar-refractivity contribution in [1.82, 2.24) is 9.55 Å². The molecule has 4 rings (SSSR count). The van der Waals surface area contributed by atoms with Crippen molar-refractivity contribution >= 4 is 44.7 Å². The van der Waals surface area contributed by atoms with Crippen LogP contribution in [0, 0.1) is 0 Å². The molecule has 0 fully saturated rings. The Bertz CT molecular complexity index is 1140. The SMILES string of the molecule is CC(=O)Oc1c2ccccc2nc2c3ccccc3n(C(C)=O)c12. The lowest BCUT2D eigenvalue weighted by molar-refractivity contribution is -0.131. The first-order valence-corrected chi connectivity index (χ1v) is 7.59. The molecule has 0 saturated carbocycles. The maximum absolute atomic E-state index is 12.3. The van der Waals surface area contributed by atoms with E-state index in [0.29, 0.717) is 27.7 Å². The quantitative estimate of drug-likeness (QED) is 0.499. The number of aromatic nitrogens is 2. The van der Waals surface area contributed by atoms with Crippen LogP contribution in [-0.2, 0) is 4.79 Å².